The number of hydrogen-bond acceptors (Lipinski definition) is 14. The maximum absolute atomic E-state index is 13.5. The first kappa shape index (κ1) is 59.4. The van der Waals surface area contributed by atoms with E-state index in [1.807, 2.05) is 24.3 Å². The molecular weight excluding hydrogens is 1030 g/mol. The first-order valence-corrected chi connectivity index (χ1v) is 23.5. The van der Waals surface area contributed by atoms with Crippen molar-refractivity contribution < 1.29 is 83.7 Å². The van der Waals surface area contributed by atoms with Crippen molar-refractivity contribution in [1.29, 1.82) is 0 Å². The van der Waals surface area contributed by atoms with Gasteiger partial charge >= 0.3 is 47.8 Å². The van der Waals surface area contributed by atoms with E-state index in [-0.39, 0.29) is 130 Å². The van der Waals surface area contributed by atoms with Crippen molar-refractivity contribution in [2.75, 3.05) is 85.1 Å². The van der Waals surface area contributed by atoms with Crippen molar-refractivity contribution in [3.63, 3.8) is 0 Å². The van der Waals surface area contributed by atoms with Crippen molar-refractivity contribution in [2.24, 2.45) is 0 Å². The van der Waals surface area contributed by atoms with Crippen LogP contribution in [0.25, 0.3) is 0 Å². The van der Waals surface area contributed by atoms with Crippen molar-refractivity contribution in [1.82, 2.24) is 40.4 Å². The van der Waals surface area contributed by atoms with Crippen LogP contribution in [0.3, 0.4) is 0 Å². The first-order chi connectivity index (χ1) is 32.6. The molecule has 0 bridgehead atoms. The Labute approximate surface area is 412 Å². The molecule has 0 spiro atoms. The molecule has 2 rings (SSSR count). The van der Waals surface area contributed by atoms with Gasteiger partial charge in [0.15, 0.2) is 0 Å². The normalized spacial score (nSPS) is 15.8. The molecule has 4 amide bonds. The minimum absolute atomic E-state index is 0.0561. The van der Waals surface area contributed by atoms with Gasteiger partial charge in [-0.25, -0.2) is 14.4 Å². The van der Waals surface area contributed by atoms with E-state index in [0.717, 1.165) is 9.13 Å². The average molecular weight is 1090 g/mol. The second-order valence-electron chi connectivity index (χ2n) is 16.5. The number of halogens is 1. The van der Waals surface area contributed by atoms with Gasteiger partial charge in [0, 0.05) is 94.8 Å². The quantitative estimate of drug-likeness (QED) is 0.0354. The molecule has 3 atom stereocenters. The monoisotopic (exact) mass is 1090 g/mol. The predicted molar refractivity (Wildman–Crippen MR) is 251 cm³/mol. The van der Waals surface area contributed by atoms with Gasteiger partial charge in [0.1, 0.15) is 18.1 Å². The van der Waals surface area contributed by atoms with Gasteiger partial charge in [0.2, 0.25) is 11.8 Å². The number of hydrogen-bond donors (Lipinski definition) is 10. The van der Waals surface area contributed by atoms with Crippen molar-refractivity contribution in [3.8, 4) is 0 Å². The number of urea groups is 1. The summed E-state index contributed by atoms with van der Waals surface area (Å²) in [5, 5.41) is 73.6. The highest BCUT2D eigenvalue weighted by molar-refractivity contribution is 14.1. The lowest BCUT2D eigenvalue weighted by molar-refractivity contribution is -0.145. The number of carboxylic acids is 7. The molecule has 1 aliphatic heterocycles. The zero-order valence-electron chi connectivity index (χ0n) is 38.3. The number of nitrogens with one attached hydrogen (secondary N) is 3. The Morgan fingerprint density at radius 2 is 1.04 bits per heavy atom. The zero-order valence-corrected chi connectivity index (χ0v) is 40.5. The van der Waals surface area contributed by atoms with Crippen LogP contribution in [0.15, 0.2) is 24.3 Å². The van der Waals surface area contributed by atoms with Crippen LogP contribution in [-0.2, 0) is 49.7 Å². The fourth-order valence-corrected chi connectivity index (χ4v) is 7.77. The SMILES string of the molecule is O=C(O)CC[C@H](NC(=O)N[C@@H](CCCCN(Cc1ccc(I)cc1)C(=O)CCCCNC(=O)CCC(C(=O)O)N1CCN(CC(=O)O)CCN(CC(=O)O)CCN(CC(=O)O)CC1)C(=O)O)C(=O)O. The third-order valence-corrected chi connectivity index (χ3v) is 11.8. The van der Waals surface area contributed by atoms with Crippen LogP contribution in [0, 0.1) is 3.57 Å². The van der Waals surface area contributed by atoms with E-state index >= 15 is 0 Å². The van der Waals surface area contributed by atoms with Crippen LogP contribution in [0.5, 0.6) is 0 Å². The molecule has 0 saturated carbocycles. The van der Waals surface area contributed by atoms with Gasteiger partial charge in [-0.05, 0) is 85.2 Å². The zero-order chi connectivity index (χ0) is 51.5. The Bertz CT molecular complexity index is 1860. The minimum atomic E-state index is -1.55. The maximum atomic E-state index is 13.5. The van der Waals surface area contributed by atoms with Gasteiger partial charge in [-0.2, -0.15) is 0 Å². The molecule has 1 fully saturated rings. The van der Waals surface area contributed by atoms with Gasteiger partial charge in [-0.15, -0.1) is 0 Å². The number of nitrogens with zero attached hydrogens (tertiary/aromatic N) is 5. The number of carboxylic acid groups (broad SMARTS) is 7. The van der Waals surface area contributed by atoms with Crippen molar-refractivity contribution in [3.05, 3.63) is 33.4 Å². The number of rotatable bonds is 30. The smallest absolute Gasteiger partial charge is 0.326 e. The Hall–Kier alpha value is -5.71. The van der Waals surface area contributed by atoms with Crippen molar-refractivity contribution >= 4 is 82.2 Å². The molecule has 1 unspecified atom stereocenters. The molecule has 1 aromatic rings. The lowest BCUT2D eigenvalue weighted by Crippen LogP contribution is -2.52. The molecule has 69 heavy (non-hydrogen) atoms. The standard InChI is InChI=1S/C43H65IN8O17/c44-30-9-7-29(8-10-30)25-52(16-4-2-5-31(40(63)64)46-43(69)47-32(41(65)66)11-14-36(55)56)35(54)6-1-3-15-45-34(53)13-12-33(42(67)68)51-23-21-49(27-38(59)60)19-17-48(26-37(57)58)18-20-50(22-24-51)28-39(61)62/h7-10,31-33H,1-6,11-28H2,(H,45,53)(H,55,56)(H,57,58)(H,59,60)(H,61,62)(H,63,64)(H,65,66)(H,67,68)(H2,46,47,69)/t31-,32-,33?/m0/s1. The summed E-state index contributed by atoms with van der Waals surface area (Å²) in [5.41, 5.74) is 0.848. The fourth-order valence-electron chi connectivity index (χ4n) is 7.41. The van der Waals surface area contributed by atoms with E-state index in [1.54, 1.807) is 24.5 Å². The Balaban J connectivity index is 1.99. The largest absolute Gasteiger partial charge is 0.481 e. The van der Waals surface area contributed by atoms with E-state index < -0.39 is 84.7 Å². The summed E-state index contributed by atoms with van der Waals surface area (Å²) >= 11 is 2.15. The summed E-state index contributed by atoms with van der Waals surface area (Å²) in [6.45, 7) is 0.549. The minimum Gasteiger partial charge on any atom is -0.481 e. The van der Waals surface area contributed by atoms with Crippen LogP contribution in [-0.4, -0.2) is 223 Å². The lowest BCUT2D eigenvalue weighted by atomic mass is 10.1. The van der Waals surface area contributed by atoms with Gasteiger partial charge in [-0.1, -0.05) is 12.1 Å². The number of aliphatic carboxylic acids is 7. The lowest BCUT2D eigenvalue weighted by Gasteiger charge is -2.35. The Kier molecular flexibility index (Phi) is 27.7. The van der Waals surface area contributed by atoms with Crippen LogP contribution in [0.4, 0.5) is 4.79 Å². The second-order valence-corrected chi connectivity index (χ2v) is 17.8. The fraction of sp³-hybridized carbons (Fsp3) is 0.628. The van der Waals surface area contributed by atoms with Gasteiger partial charge in [0.25, 0.3) is 0 Å². The number of unbranched alkanes of at least 4 members (excludes halogenated alkanes) is 2. The van der Waals surface area contributed by atoms with E-state index in [2.05, 4.69) is 38.5 Å². The molecule has 0 aliphatic carbocycles. The molecule has 10 N–H and O–H groups in total. The molecule has 0 radical (unpaired) electrons. The number of benzene rings is 1. The highest BCUT2D eigenvalue weighted by Crippen LogP contribution is 2.15. The first-order valence-electron chi connectivity index (χ1n) is 22.5. The van der Waals surface area contributed by atoms with Gasteiger partial charge < -0.3 is 56.6 Å². The highest BCUT2D eigenvalue weighted by atomic mass is 127. The molecule has 25 nitrogen and oxygen atoms in total. The van der Waals surface area contributed by atoms with Crippen LogP contribution in [0.2, 0.25) is 0 Å². The summed E-state index contributed by atoms with van der Waals surface area (Å²) < 4.78 is 0.985. The van der Waals surface area contributed by atoms with Gasteiger partial charge in [-0.3, -0.25) is 53.2 Å². The van der Waals surface area contributed by atoms with E-state index in [9.17, 15) is 78.6 Å². The van der Waals surface area contributed by atoms with E-state index in [0.29, 0.717) is 19.3 Å². The number of amides is 4. The molecule has 26 heteroatoms. The summed E-state index contributed by atoms with van der Waals surface area (Å²) in [6.07, 6.45) is 0.189. The third kappa shape index (κ3) is 26.0. The molecule has 0 aromatic heterocycles. The summed E-state index contributed by atoms with van der Waals surface area (Å²) in [6, 6.07) is 2.29. The Morgan fingerprint density at radius 3 is 1.51 bits per heavy atom. The van der Waals surface area contributed by atoms with E-state index in [4.69, 9.17) is 5.11 Å². The predicted octanol–water partition coefficient (Wildman–Crippen LogP) is -0.144. The highest BCUT2D eigenvalue weighted by Gasteiger charge is 2.29. The third-order valence-electron chi connectivity index (χ3n) is 11.1. The summed E-state index contributed by atoms with van der Waals surface area (Å²) in [5.74, 6) is -9.36. The summed E-state index contributed by atoms with van der Waals surface area (Å²) in [4.78, 5) is 128. The van der Waals surface area contributed by atoms with Crippen molar-refractivity contribution in [2.45, 2.75) is 88.9 Å². The van der Waals surface area contributed by atoms with E-state index in [1.165, 1.54) is 0 Å². The molecule has 1 aliphatic rings. The molecule has 386 valence electrons. The van der Waals surface area contributed by atoms with Crippen LogP contribution >= 0.6 is 22.6 Å². The molecule has 1 saturated heterocycles. The number of carbonyl (C=O) groups is 10. The van der Waals surface area contributed by atoms with Crippen LogP contribution in [0.1, 0.15) is 69.8 Å². The molecule has 1 aromatic carbocycles. The maximum Gasteiger partial charge on any atom is 0.326 e. The number of carbonyl (C=O) groups excluding carboxylic acids is 3. The Morgan fingerprint density at radius 1 is 0.551 bits per heavy atom. The average Bonchev–Trinajstić information content (AvgIpc) is 3.25. The summed E-state index contributed by atoms with van der Waals surface area (Å²) in [7, 11) is 0. The second kappa shape index (κ2) is 32.2. The molecule has 1 heterocycles. The van der Waals surface area contributed by atoms with Gasteiger partial charge in [0.05, 0.1) is 19.6 Å². The molecular formula is C43H65IN8O17. The topological polar surface area (TPSA) is 365 Å². The van der Waals surface area contributed by atoms with Crippen LogP contribution < -0.4 is 16.0 Å².